The fraction of sp³-hybridized carbons (Fsp3) is 0.333. The Bertz CT molecular complexity index is 942. The first kappa shape index (κ1) is 20.6. The molecule has 2 aromatic heterocycles. The number of aromatic nitrogens is 4. The molecule has 1 unspecified atom stereocenters. The van der Waals surface area contributed by atoms with Crippen molar-refractivity contribution in [2.24, 2.45) is 0 Å². The molecule has 0 saturated carbocycles. The first-order chi connectivity index (χ1) is 13.5. The molecule has 0 aliphatic carbocycles. The number of aryl methyl sites for hydroxylation is 1. The quantitative estimate of drug-likeness (QED) is 0.525. The van der Waals surface area contributed by atoms with Gasteiger partial charge in [0, 0.05) is 16.9 Å². The van der Waals surface area contributed by atoms with E-state index in [0.29, 0.717) is 33.4 Å². The summed E-state index contributed by atoms with van der Waals surface area (Å²) < 4.78 is 7.70. The van der Waals surface area contributed by atoms with Gasteiger partial charge in [0.15, 0.2) is 16.1 Å². The number of hydrogen-bond acceptors (Lipinski definition) is 7. The molecule has 0 aliphatic rings. The number of carbonyl (C=O) groups excluding carboxylic acids is 1. The van der Waals surface area contributed by atoms with E-state index in [0.717, 1.165) is 5.69 Å². The molecule has 10 heteroatoms. The van der Waals surface area contributed by atoms with Crippen LogP contribution in [0.5, 0.6) is 5.75 Å². The van der Waals surface area contributed by atoms with Crippen LogP contribution in [0.3, 0.4) is 0 Å². The molecule has 0 aliphatic heterocycles. The topological polar surface area (TPSA) is 81.9 Å². The summed E-state index contributed by atoms with van der Waals surface area (Å²) in [6.07, 6.45) is 0. The van der Waals surface area contributed by atoms with Crippen molar-refractivity contribution in [2.45, 2.75) is 44.3 Å². The van der Waals surface area contributed by atoms with Crippen LogP contribution in [0.1, 0.15) is 25.4 Å². The van der Waals surface area contributed by atoms with E-state index in [4.69, 9.17) is 16.3 Å². The summed E-state index contributed by atoms with van der Waals surface area (Å²) in [5.74, 6) is 1.28. The lowest BCUT2D eigenvalue weighted by Gasteiger charge is -2.12. The zero-order valence-electron chi connectivity index (χ0n) is 15.7. The first-order valence-corrected chi connectivity index (χ1v) is 10.8. The highest BCUT2D eigenvalue weighted by molar-refractivity contribution is 8.00. The summed E-state index contributed by atoms with van der Waals surface area (Å²) in [6, 6.07) is 7.15. The fourth-order valence-electron chi connectivity index (χ4n) is 2.34. The molecule has 0 bridgehead atoms. The number of thioether (sulfide) groups is 1. The van der Waals surface area contributed by atoms with Gasteiger partial charge in [0.1, 0.15) is 12.4 Å². The summed E-state index contributed by atoms with van der Waals surface area (Å²) in [6.45, 7) is 6.68. The van der Waals surface area contributed by atoms with Gasteiger partial charge in [-0.1, -0.05) is 23.4 Å². The highest BCUT2D eigenvalue weighted by atomic mass is 35.5. The van der Waals surface area contributed by atoms with Gasteiger partial charge in [0.2, 0.25) is 5.91 Å². The van der Waals surface area contributed by atoms with Crippen molar-refractivity contribution in [3.63, 3.8) is 0 Å². The summed E-state index contributed by atoms with van der Waals surface area (Å²) in [5.41, 5.74) is 0.886. The number of anilines is 1. The van der Waals surface area contributed by atoms with Gasteiger partial charge in [0.05, 0.1) is 10.9 Å². The molecule has 2 heterocycles. The number of halogens is 1. The molecule has 0 spiro atoms. The van der Waals surface area contributed by atoms with Gasteiger partial charge in [-0.3, -0.25) is 4.79 Å². The van der Waals surface area contributed by atoms with Crippen LogP contribution in [0.4, 0.5) is 5.13 Å². The maximum Gasteiger partial charge on any atom is 0.239 e. The Hall–Kier alpha value is -2.10. The maximum atomic E-state index is 12.4. The van der Waals surface area contributed by atoms with Crippen molar-refractivity contribution < 1.29 is 9.53 Å². The van der Waals surface area contributed by atoms with E-state index in [1.807, 2.05) is 30.7 Å². The number of hydrogen-bond donors (Lipinski definition) is 1. The number of amides is 1. The number of thiazole rings is 1. The number of nitrogens with zero attached hydrogens (tertiary/aromatic N) is 4. The average Bonchev–Trinajstić information content (AvgIpc) is 3.26. The third-order valence-electron chi connectivity index (χ3n) is 3.79. The minimum Gasteiger partial charge on any atom is -0.486 e. The molecule has 28 heavy (non-hydrogen) atoms. The molecular formula is C18H20ClN5O2S2. The minimum absolute atomic E-state index is 0.121. The Balaban J connectivity index is 1.62. The summed E-state index contributed by atoms with van der Waals surface area (Å²) >= 11 is 8.65. The molecule has 3 rings (SSSR count). The predicted molar refractivity (Wildman–Crippen MR) is 112 cm³/mol. The van der Waals surface area contributed by atoms with Crippen molar-refractivity contribution in [1.29, 1.82) is 0 Å². The molecule has 3 aromatic rings. The van der Waals surface area contributed by atoms with Gasteiger partial charge in [-0.15, -0.1) is 21.5 Å². The lowest BCUT2D eigenvalue weighted by atomic mass is 10.3. The second-order valence-corrected chi connectivity index (χ2v) is 8.53. The number of rotatable bonds is 8. The lowest BCUT2D eigenvalue weighted by Crippen LogP contribution is -2.23. The van der Waals surface area contributed by atoms with Gasteiger partial charge in [-0.05, 0) is 45.0 Å². The fourth-order valence-corrected chi connectivity index (χ4v) is 4.09. The van der Waals surface area contributed by atoms with E-state index >= 15 is 0 Å². The molecule has 7 nitrogen and oxygen atoms in total. The molecule has 1 amide bonds. The van der Waals surface area contributed by atoms with Crippen LogP contribution in [0, 0.1) is 6.92 Å². The van der Waals surface area contributed by atoms with Gasteiger partial charge < -0.3 is 14.6 Å². The van der Waals surface area contributed by atoms with Crippen LogP contribution in [-0.2, 0) is 17.9 Å². The number of carbonyl (C=O) groups is 1. The summed E-state index contributed by atoms with van der Waals surface area (Å²) in [5, 5.41) is 14.8. The van der Waals surface area contributed by atoms with Crippen LogP contribution in [-0.4, -0.2) is 30.9 Å². The molecule has 0 fully saturated rings. The van der Waals surface area contributed by atoms with Crippen molar-refractivity contribution in [2.75, 3.05) is 5.32 Å². The van der Waals surface area contributed by atoms with E-state index in [2.05, 4.69) is 20.5 Å². The second-order valence-electron chi connectivity index (χ2n) is 5.93. The van der Waals surface area contributed by atoms with Crippen molar-refractivity contribution in [3.05, 3.63) is 46.2 Å². The third kappa shape index (κ3) is 5.24. The highest BCUT2D eigenvalue weighted by Crippen LogP contribution is 2.25. The monoisotopic (exact) mass is 437 g/mol. The van der Waals surface area contributed by atoms with Crippen LogP contribution >= 0.6 is 34.7 Å². The van der Waals surface area contributed by atoms with Crippen molar-refractivity contribution in [1.82, 2.24) is 19.7 Å². The van der Waals surface area contributed by atoms with E-state index < -0.39 is 0 Å². The number of ether oxygens (including phenoxy) is 1. The largest absolute Gasteiger partial charge is 0.486 e. The smallest absolute Gasteiger partial charge is 0.239 e. The molecule has 148 valence electrons. The zero-order valence-corrected chi connectivity index (χ0v) is 18.1. The molecule has 0 radical (unpaired) electrons. The van der Waals surface area contributed by atoms with Crippen molar-refractivity contribution >= 4 is 45.7 Å². The highest BCUT2D eigenvalue weighted by Gasteiger charge is 2.20. The van der Waals surface area contributed by atoms with E-state index in [9.17, 15) is 4.79 Å². The Morgan fingerprint density at radius 2 is 2.11 bits per heavy atom. The molecule has 1 atom stereocenters. The van der Waals surface area contributed by atoms with E-state index in [1.54, 1.807) is 24.3 Å². The summed E-state index contributed by atoms with van der Waals surface area (Å²) in [7, 11) is 0. The lowest BCUT2D eigenvalue weighted by molar-refractivity contribution is -0.115. The van der Waals surface area contributed by atoms with Crippen LogP contribution < -0.4 is 10.1 Å². The molecule has 1 aromatic carbocycles. The first-order valence-electron chi connectivity index (χ1n) is 8.66. The maximum absolute atomic E-state index is 12.4. The summed E-state index contributed by atoms with van der Waals surface area (Å²) in [4.78, 5) is 16.7. The average molecular weight is 438 g/mol. The third-order valence-corrected chi connectivity index (χ3v) is 6.00. The van der Waals surface area contributed by atoms with E-state index in [1.165, 1.54) is 23.1 Å². The Morgan fingerprint density at radius 3 is 2.75 bits per heavy atom. The van der Waals surface area contributed by atoms with Crippen LogP contribution in [0.15, 0.2) is 34.8 Å². The van der Waals surface area contributed by atoms with Crippen molar-refractivity contribution in [3.8, 4) is 5.75 Å². The van der Waals surface area contributed by atoms with Gasteiger partial charge in [-0.25, -0.2) is 4.98 Å². The van der Waals surface area contributed by atoms with E-state index in [-0.39, 0.29) is 17.8 Å². The Morgan fingerprint density at radius 1 is 1.36 bits per heavy atom. The molecule has 1 N–H and O–H groups in total. The molecular weight excluding hydrogens is 418 g/mol. The number of benzene rings is 1. The molecule has 0 saturated heterocycles. The second kappa shape index (κ2) is 9.40. The van der Waals surface area contributed by atoms with Gasteiger partial charge in [-0.2, -0.15) is 0 Å². The normalized spacial score (nSPS) is 12.0. The van der Waals surface area contributed by atoms with Gasteiger partial charge in [0.25, 0.3) is 0 Å². The van der Waals surface area contributed by atoms with Crippen LogP contribution in [0.2, 0.25) is 5.02 Å². The minimum atomic E-state index is -0.344. The number of nitrogens with one attached hydrogen (secondary N) is 1. The SMILES string of the molecule is CCn1c(COc2ccc(Cl)cc2)nnc1SC(C)C(=O)Nc1nc(C)cs1. The predicted octanol–water partition coefficient (Wildman–Crippen LogP) is 4.41. The Kier molecular flexibility index (Phi) is 6.93. The van der Waals surface area contributed by atoms with Crippen LogP contribution in [0.25, 0.3) is 0 Å². The Labute approximate surface area is 176 Å². The van der Waals surface area contributed by atoms with Gasteiger partial charge >= 0.3 is 0 Å². The zero-order chi connectivity index (χ0) is 20.1. The standard InChI is InChI=1S/C18H20ClN5O2S2/c1-4-24-15(9-26-14-7-5-13(19)6-8-14)22-23-18(24)28-12(3)16(25)21-17-20-11(2)10-27-17/h5-8,10,12H,4,9H2,1-3H3,(H,20,21,25).